The van der Waals surface area contributed by atoms with Gasteiger partial charge in [-0.2, -0.15) is 0 Å². The van der Waals surface area contributed by atoms with E-state index in [1.54, 1.807) is 24.5 Å². The van der Waals surface area contributed by atoms with Crippen molar-refractivity contribution in [2.24, 2.45) is 0 Å². The van der Waals surface area contributed by atoms with Crippen molar-refractivity contribution in [1.82, 2.24) is 4.98 Å². The lowest BCUT2D eigenvalue weighted by Crippen LogP contribution is -2.46. The van der Waals surface area contributed by atoms with E-state index in [0.717, 1.165) is 0 Å². The highest BCUT2D eigenvalue weighted by molar-refractivity contribution is 6.02. The topological polar surface area (TPSA) is 48.4 Å². The Hall–Kier alpha value is -1.26. The Balaban J connectivity index is 2.24. The molecule has 0 N–H and O–H groups in total. The van der Waals surface area contributed by atoms with Crippen LogP contribution in [0.4, 0.5) is 0 Å². The lowest BCUT2D eigenvalue weighted by Gasteiger charge is -2.35. The molecule has 1 aliphatic heterocycles. The molecule has 0 aliphatic carbocycles. The second-order valence-electron chi connectivity index (χ2n) is 4.11. The summed E-state index contributed by atoms with van der Waals surface area (Å²) in [5.41, 5.74) is -0.0985. The smallest absolute Gasteiger partial charge is 0.196 e. The van der Waals surface area contributed by atoms with Crippen molar-refractivity contribution >= 4 is 5.78 Å². The lowest BCUT2D eigenvalue weighted by molar-refractivity contribution is -0.0822. The van der Waals surface area contributed by atoms with Gasteiger partial charge in [0.2, 0.25) is 0 Å². The molecule has 0 radical (unpaired) electrons. The van der Waals surface area contributed by atoms with Crippen molar-refractivity contribution < 1.29 is 14.3 Å². The van der Waals surface area contributed by atoms with E-state index in [-0.39, 0.29) is 5.78 Å². The minimum atomic E-state index is -0.712. The first kappa shape index (κ1) is 12.2. The molecule has 1 aliphatic rings. The Kier molecular flexibility index (Phi) is 3.86. The van der Waals surface area contributed by atoms with Crippen molar-refractivity contribution in [2.75, 3.05) is 19.8 Å². The molecule has 4 nitrogen and oxygen atoms in total. The molecule has 0 spiro atoms. The predicted octanol–water partition coefficient (Wildman–Crippen LogP) is 1.85. The first-order valence-corrected chi connectivity index (χ1v) is 5.95. The molecule has 2 rings (SSSR count). The van der Waals surface area contributed by atoms with Crippen LogP contribution in [0.15, 0.2) is 24.5 Å². The highest BCUT2D eigenvalue weighted by Crippen LogP contribution is 2.29. The molecule has 0 bridgehead atoms. The molecule has 4 heteroatoms. The largest absolute Gasteiger partial charge is 0.381 e. The van der Waals surface area contributed by atoms with Gasteiger partial charge in [-0.15, -0.1) is 0 Å². The summed E-state index contributed by atoms with van der Waals surface area (Å²) in [7, 11) is 0. The zero-order chi connectivity index (χ0) is 12.1. The van der Waals surface area contributed by atoms with E-state index < -0.39 is 5.60 Å². The first-order valence-electron chi connectivity index (χ1n) is 5.95. The van der Waals surface area contributed by atoms with E-state index in [4.69, 9.17) is 9.47 Å². The Morgan fingerprint density at radius 2 is 2.29 bits per heavy atom. The maximum absolute atomic E-state index is 12.5. The van der Waals surface area contributed by atoms with Crippen LogP contribution >= 0.6 is 0 Å². The number of ketones is 1. The summed E-state index contributed by atoms with van der Waals surface area (Å²) in [5, 5.41) is 0. The van der Waals surface area contributed by atoms with Crippen LogP contribution in [-0.2, 0) is 9.47 Å². The number of Topliss-reactive ketones (excluding diaryl/α,β-unsaturated/α-hetero) is 1. The molecule has 1 aromatic heterocycles. The van der Waals surface area contributed by atoms with Gasteiger partial charge in [0, 0.05) is 50.6 Å². The van der Waals surface area contributed by atoms with Crippen LogP contribution in [0.25, 0.3) is 0 Å². The monoisotopic (exact) mass is 235 g/mol. The van der Waals surface area contributed by atoms with Crippen molar-refractivity contribution in [3.05, 3.63) is 30.1 Å². The number of rotatable bonds is 4. The molecule has 0 aromatic carbocycles. The summed E-state index contributed by atoms with van der Waals surface area (Å²) >= 11 is 0. The molecule has 0 saturated carbocycles. The highest BCUT2D eigenvalue weighted by atomic mass is 16.5. The third kappa shape index (κ3) is 2.53. The molecule has 1 saturated heterocycles. The van der Waals surface area contributed by atoms with Gasteiger partial charge in [-0.25, -0.2) is 0 Å². The number of pyridine rings is 1. The number of hydrogen-bond acceptors (Lipinski definition) is 4. The first-order chi connectivity index (χ1) is 8.28. The summed E-state index contributed by atoms with van der Waals surface area (Å²) < 4.78 is 11.0. The second kappa shape index (κ2) is 5.38. The van der Waals surface area contributed by atoms with Crippen LogP contribution in [0.3, 0.4) is 0 Å². The van der Waals surface area contributed by atoms with Crippen LogP contribution in [-0.4, -0.2) is 36.2 Å². The third-order valence-corrected chi connectivity index (χ3v) is 3.06. The number of ether oxygens (including phenoxy) is 2. The van der Waals surface area contributed by atoms with E-state index in [2.05, 4.69) is 4.98 Å². The van der Waals surface area contributed by atoms with Gasteiger partial charge < -0.3 is 9.47 Å². The lowest BCUT2D eigenvalue weighted by atomic mass is 9.86. The zero-order valence-corrected chi connectivity index (χ0v) is 10.0. The number of aromatic nitrogens is 1. The summed E-state index contributed by atoms with van der Waals surface area (Å²) in [6.07, 6.45) is 4.50. The van der Waals surface area contributed by atoms with Crippen LogP contribution in [0, 0.1) is 0 Å². The number of carbonyl (C=O) groups excluding carboxylic acids is 1. The molecular formula is C13H17NO3. The molecule has 17 heavy (non-hydrogen) atoms. The third-order valence-electron chi connectivity index (χ3n) is 3.06. The highest BCUT2D eigenvalue weighted by Gasteiger charge is 2.41. The van der Waals surface area contributed by atoms with Gasteiger partial charge in [-0.05, 0) is 19.1 Å². The molecule has 0 amide bonds. The maximum Gasteiger partial charge on any atom is 0.196 e. The van der Waals surface area contributed by atoms with Gasteiger partial charge in [-0.1, -0.05) is 0 Å². The van der Waals surface area contributed by atoms with Crippen LogP contribution < -0.4 is 0 Å². The fraction of sp³-hybridized carbons (Fsp3) is 0.538. The Labute approximate surface area is 101 Å². The van der Waals surface area contributed by atoms with Crippen molar-refractivity contribution in [3.63, 3.8) is 0 Å². The fourth-order valence-corrected chi connectivity index (χ4v) is 2.17. The summed E-state index contributed by atoms with van der Waals surface area (Å²) in [6, 6.07) is 3.55. The summed E-state index contributed by atoms with van der Waals surface area (Å²) in [4.78, 5) is 16.5. The summed E-state index contributed by atoms with van der Waals surface area (Å²) in [5.74, 6) is 0.0238. The number of carbonyl (C=O) groups is 1. The van der Waals surface area contributed by atoms with Gasteiger partial charge in [0.05, 0.1) is 0 Å². The van der Waals surface area contributed by atoms with Gasteiger partial charge in [0.15, 0.2) is 5.78 Å². The SMILES string of the molecule is CCOC1(C(=O)c2cccnc2)CCOCC1. The Morgan fingerprint density at radius 3 is 2.88 bits per heavy atom. The minimum absolute atomic E-state index is 0.0238. The van der Waals surface area contributed by atoms with Crippen molar-refractivity contribution in [3.8, 4) is 0 Å². The molecule has 92 valence electrons. The van der Waals surface area contributed by atoms with E-state index in [1.807, 2.05) is 6.92 Å². The van der Waals surface area contributed by atoms with E-state index in [0.29, 0.717) is 38.2 Å². The van der Waals surface area contributed by atoms with Gasteiger partial charge >= 0.3 is 0 Å². The van der Waals surface area contributed by atoms with Gasteiger partial charge in [0.25, 0.3) is 0 Å². The van der Waals surface area contributed by atoms with E-state index in [9.17, 15) is 4.79 Å². The minimum Gasteiger partial charge on any atom is -0.381 e. The summed E-state index contributed by atoms with van der Waals surface area (Å²) in [6.45, 7) is 3.59. The second-order valence-corrected chi connectivity index (χ2v) is 4.11. The van der Waals surface area contributed by atoms with E-state index >= 15 is 0 Å². The predicted molar refractivity (Wildman–Crippen MR) is 63.0 cm³/mol. The molecule has 0 atom stereocenters. The zero-order valence-electron chi connectivity index (χ0n) is 10.0. The molecular weight excluding hydrogens is 218 g/mol. The number of hydrogen-bond donors (Lipinski definition) is 0. The fourth-order valence-electron chi connectivity index (χ4n) is 2.17. The average Bonchev–Trinajstić information content (AvgIpc) is 2.40. The standard InChI is InChI=1S/C13H17NO3/c1-2-17-13(5-8-16-9-6-13)12(15)11-4-3-7-14-10-11/h3-4,7,10H,2,5-6,8-9H2,1H3. The van der Waals surface area contributed by atoms with Gasteiger partial charge in [-0.3, -0.25) is 9.78 Å². The molecule has 2 heterocycles. The van der Waals surface area contributed by atoms with Crippen molar-refractivity contribution in [1.29, 1.82) is 0 Å². The van der Waals surface area contributed by atoms with Crippen LogP contribution in [0.1, 0.15) is 30.1 Å². The van der Waals surface area contributed by atoms with Crippen LogP contribution in [0.2, 0.25) is 0 Å². The normalized spacial score (nSPS) is 18.9. The molecule has 0 unspecified atom stereocenters. The Bertz CT molecular complexity index is 366. The molecule has 1 aromatic rings. The van der Waals surface area contributed by atoms with Crippen molar-refractivity contribution in [2.45, 2.75) is 25.4 Å². The number of nitrogens with zero attached hydrogens (tertiary/aromatic N) is 1. The Morgan fingerprint density at radius 1 is 1.53 bits per heavy atom. The van der Waals surface area contributed by atoms with Crippen LogP contribution in [0.5, 0.6) is 0 Å². The van der Waals surface area contributed by atoms with E-state index in [1.165, 1.54) is 0 Å². The molecule has 1 fully saturated rings. The van der Waals surface area contributed by atoms with Gasteiger partial charge in [0.1, 0.15) is 5.60 Å². The maximum atomic E-state index is 12.5. The average molecular weight is 235 g/mol. The quantitative estimate of drug-likeness (QED) is 0.747.